The fourth-order valence-electron chi connectivity index (χ4n) is 11.6. The lowest BCUT2D eigenvalue weighted by Gasteiger charge is -2.59. The lowest BCUT2D eigenvalue weighted by atomic mass is 9.77. The third-order valence-electron chi connectivity index (χ3n) is 17.7. The Morgan fingerprint density at radius 3 is 1.51 bits per heavy atom. The summed E-state index contributed by atoms with van der Waals surface area (Å²) in [5.41, 5.74) is -3.20. The van der Waals surface area contributed by atoms with E-state index >= 15 is 0 Å². The third-order valence-corrected chi connectivity index (χ3v) is 17.7. The highest BCUT2D eigenvalue weighted by molar-refractivity contribution is 5.08. The van der Waals surface area contributed by atoms with Crippen LogP contribution < -0.4 is 0 Å². The molecular formula is C50H90O26. The molecule has 8 aliphatic rings. The minimum Gasteiger partial charge on any atom is -0.394 e. The number of rotatable bonds is 20. The Balaban J connectivity index is 0.000000687. The van der Waals surface area contributed by atoms with E-state index in [0.717, 1.165) is 6.92 Å². The molecule has 0 amide bonds. The Bertz CT molecular complexity index is 1750. The minimum atomic E-state index is -2.15. The maximum absolute atomic E-state index is 11.3. The van der Waals surface area contributed by atoms with Crippen LogP contribution in [0.5, 0.6) is 0 Å². The number of fused-ring (bicyclic) bond motifs is 2. The molecule has 2 bridgehead atoms. The molecule has 76 heavy (non-hydrogen) atoms. The van der Waals surface area contributed by atoms with Crippen LogP contribution in [-0.4, -0.2) is 295 Å². The lowest BCUT2D eigenvalue weighted by molar-refractivity contribution is -0.485. The van der Waals surface area contributed by atoms with Crippen LogP contribution in [0.3, 0.4) is 0 Å². The van der Waals surface area contributed by atoms with Crippen molar-refractivity contribution in [1.29, 1.82) is 0 Å². The highest BCUT2D eigenvalue weighted by atomic mass is 16.8. The first kappa shape index (κ1) is 64.1. The van der Waals surface area contributed by atoms with E-state index in [1.165, 1.54) is 0 Å². The number of ether oxygens (including phenoxy) is 11. The Kier molecular flexibility index (Phi) is 22.7. The molecule has 0 saturated carbocycles. The van der Waals surface area contributed by atoms with E-state index < -0.39 is 177 Å². The molecular weight excluding hydrogens is 1020 g/mol. The average molecular weight is 1110 g/mol. The summed E-state index contributed by atoms with van der Waals surface area (Å²) in [6.45, 7) is 11.4. The van der Waals surface area contributed by atoms with Crippen LogP contribution in [0.1, 0.15) is 61.8 Å². The molecule has 26 nitrogen and oxygen atoms in total. The standard InChI is InChI=1S/C40H70O24.C10H20O2/c1-5-38(3)19(29(47)31(49)24(62-38)13-55-9-17-20(6-41)59-16(2)26(44)27(17)45)11-57-12-23-30(48)28(46)18(21(7-42)60-23)10-56-14-25-32(50)34-36(53)40(63-25,64-34)15-58-37-39(4,54)35(52)33(51)22(8-43)61-37;1-6-7(2)9(4)12-10(5-11)8(6)3/h16-37,41-54H,5-15H2,1-4H3;6-11H,5H2,1-4H3. The highest BCUT2D eigenvalue weighted by Gasteiger charge is 2.67. The quantitative estimate of drug-likeness (QED) is 0.0540. The minimum absolute atomic E-state index is 0.0474. The fourth-order valence-corrected chi connectivity index (χ4v) is 11.6. The van der Waals surface area contributed by atoms with Gasteiger partial charge >= 0.3 is 0 Å². The van der Waals surface area contributed by atoms with Gasteiger partial charge in [0, 0.05) is 17.8 Å². The van der Waals surface area contributed by atoms with Gasteiger partial charge in [-0.05, 0) is 51.9 Å². The van der Waals surface area contributed by atoms with Crippen molar-refractivity contribution in [3.63, 3.8) is 0 Å². The van der Waals surface area contributed by atoms with Gasteiger partial charge in [-0.15, -0.1) is 0 Å². The molecule has 8 heterocycles. The Morgan fingerprint density at radius 1 is 0.434 bits per heavy atom. The normalized spacial score (nSPS) is 51.6. The molecule has 30 atom stereocenters. The van der Waals surface area contributed by atoms with Gasteiger partial charge < -0.3 is 129 Å². The van der Waals surface area contributed by atoms with Gasteiger partial charge in [0.25, 0.3) is 0 Å². The van der Waals surface area contributed by atoms with Gasteiger partial charge in [-0.1, -0.05) is 27.7 Å². The molecule has 8 fully saturated rings. The molecule has 0 radical (unpaired) electrons. The fraction of sp³-hybridized carbons (Fsp3) is 1.00. The number of aliphatic hydroxyl groups is 15. The molecule has 8 saturated heterocycles. The van der Waals surface area contributed by atoms with Gasteiger partial charge in [-0.25, -0.2) is 0 Å². The van der Waals surface area contributed by atoms with Crippen LogP contribution in [0.2, 0.25) is 0 Å². The van der Waals surface area contributed by atoms with Gasteiger partial charge in [0.2, 0.25) is 5.79 Å². The summed E-state index contributed by atoms with van der Waals surface area (Å²) in [6.07, 6.45) is -23.6. The lowest BCUT2D eigenvalue weighted by Crippen LogP contribution is -2.79. The van der Waals surface area contributed by atoms with Crippen molar-refractivity contribution in [2.24, 2.45) is 35.5 Å². The van der Waals surface area contributed by atoms with Gasteiger partial charge in [-0.2, -0.15) is 0 Å². The predicted molar refractivity (Wildman–Crippen MR) is 257 cm³/mol. The molecule has 26 heteroatoms. The monoisotopic (exact) mass is 1110 g/mol. The SMILES string of the molecule is CC1OC(CO)C(C)C(C)C1C.CCC1(C)OC(COCC2C(CO)OC(C)C(O)C2O)C(O)C(O)C1COCC1OC(CO)C(COCC2OC3(COC4OC(CO)C(O)C(O)C4(C)O)OC(C2O)C3O)C(O)C1O. The van der Waals surface area contributed by atoms with E-state index in [1.54, 1.807) is 13.8 Å². The van der Waals surface area contributed by atoms with E-state index in [9.17, 15) is 71.5 Å². The second-order valence-electron chi connectivity index (χ2n) is 22.6. The zero-order chi connectivity index (χ0) is 56.4. The summed E-state index contributed by atoms with van der Waals surface area (Å²) in [5, 5.41) is 157. The Hall–Kier alpha value is -1.04. The predicted octanol–water partition coefficient (Wildman–Crippen LogP) is -5.75. The summed E-state index contributed by atoms with van der Waals surface area (Å²) in [4.78, 5) is 0. The van der Waals surface area contributed by atoms with E-state index in [0.29, 0.717) is 24.2 Å². The first-order valence-corrected chi connectivity index (χ1v) is 26.7. The van der Waals surface area contributed by atoms with Crippen LogP contribution in [0.25, 0.3) is 0 Å². The second-order valence-corrected chi connectivity index (χ2v) is 22.6. The number of hydrogen-bond donors (Lipinski definition) is 15. The van der Waals surface area contributed by atoms with Crippen molar-refractivity contribution in [2.45, 2.75) is 207 Å². The molecule has 8 rings (SSSR count). The van der Waals surface area contributed by atoms with Crippen LogP contribution in [0.4, 0.5) is 0 Å². The smallest absolute Gasteiger partial charge is 0.222 e. The van der Waals surface area contributed by atoms with Crippen molar-refractivity contribution >= 4 is 0 Å². The zero-order valence-corrected chi connectivity index (χ0v) is 44.8. The molecule has 8 aliphatic heterocycles. The van der Waals surface area contributed by atoms with Crippen molar-refractivity contribution < 1.29 is 129 Å². The van der Waals surface area contributed by atoms with E-state index in [2.05, 4.69) is 27.7 Å². The molecule has 0 aliphatic carbocycles. The third kappa shape index (κ3) is 13.2. The largest absolute Gasteiger partial charge is 0.394 e. The van der Waals surface area contributed by atoms with Crippen LogP contribution in [0.15, 0.2) is 0 Å². The molecule has 0 spiro atoms. The van der Waals surface area contributed by atoms with Gasteiger partial charge in [0.1, 0.15) is 85.5 Å². The van der Waals surface area contributed by atoms with Gasteiger partial charge in [0.05, 0.1) is 121 Å². The summed E-state index contributed by atoms with van der Waals surface area (Å²) in [6, 6.07) is 0. The van der Waals surface area contributed by atoms with Crippen molar-refractivity contribution in [3.05, 3.63) is 0 Å². The molecule has 0 aromatic rings. The maximum atomic E-state index is 11.3. The average Bonchev–Trinajstić information content (AvgIpc) is 3.42. The Labute approximate surface area is 443 Å². The zero-order valence-electron chi connectivity index (χ0n) is 44.8. The van der Waals surface area contributed by atoms with E-state index in [4.69, 9.17) is 57.2 Å². The van der Waals surface area contributed by atoms with Crippen LogP contribution >= 0.6 is 0 Å². The number of aliphatic hydroxyl groups excluding tert-OH is 14. The summed E-state index contributed by atoms with van der Waals surface area (Å²) < 4.78 is 63.4. The van der Waals surface area contributed by atoms with E-state index in [1.807, 2.05) is 6.92 Å². The topological polar surface area (TPSA) is 405 Å². The van der Waals surface area contributed by atoms with Crippen molar-refractivity contribution in [2.75, 3.05) is 72.7 Å². The molecule has 0 aromatic heterocycles. The molecule has 0 aromatic carbocycles. The first-order chi connectivity index (χ1) is 35.8. The summed E-state index contributed by atoms with van der Waals surface area (Å²) in [5.74, 6) is -2.69. The number of hydrogen-bond acceptors (Lipinski definition) is 26. The second kappa shape index (κ2) is 26.9. The van der Waals surface area contributed by atoms with Gasteiger partial charge in [0.15, 0.2) is 6.29 Å². The van der Waals surface area contributed by atoms with Gasteiger partial charge in [-0.3, -0.25) is 0 Å². The summed E-state index contributed by atoms with van der Waals surface area (Å²) in [7, 11) is 0. The highest BCUT2D eigenvalue weighted by Crippen LogP contribution is 2.45. The van der Waals surface area contributed by atoms with E-state index in [-0.39, 0.29) is 58.5 Å². The van der Waals surface area contributed by atoms with Crippen LogP contribution in [-0.2, 0) is 52.1 Å². The molecule has 15 N–H and O–H groups in total. The van der Waals surface area contributed by atoms with Crippen molar-refractivity contribution in [1.82, 2.24) is 0 Å². The maximum Gasteiger partial charge on any atom is 0.222 e. The summed E-state index contributed by atoms with van der Waals surface area (Å²) >= 11 is 0. The first-order valence-electron chi connectivity index (χ1n) is 26.7. The van der Waals surface area contributed by atoms with Crippen LogP contribution in [0, 0.1) is 35.5 Å². The Morgan fingerprint density at radius 2 is 0.947 bits per heavy atom. The molecule has 30 unspecified atom stereocenters. The molecule has 446 valence electrons. The van der Waals surface area contributed by atoms with Crippen molar-refractivity contribution in [3.8, 4) is 0 Å².